The van der Waals surface area contributed by atoms with Crippen LogP contribution in [0.5, 0.6) is 0 Å². The molecule has 1 aromatic carbocycles. The third kappa shape index (κ3) is 3.17. The third-order valence-electron chi connectivity index (χ3n) is 2.70. The van der Waals surface area contributed by atoms with Crippen LogP contribution >= 0.6 is 11.6 Å². The number of rotatable bonds is 3. The summed E-state index contributed by atoms with van der Waals surface area (Å²) >= 11 is 5.76. The molecular weight excluding hydrogens is 236 g/mol. The Balaban J connectivity index is 1.83. The number of allylic oxidation sites excluding steroid dienone is 1. The van der Waals surface area contributed by atoms with Gasteiger partial charge in [-0.1, -0.05) is 35.9 Å². The molecule has 2 rings (SSSR count). The zero-order valence-electron chi connectivity index (χ0n) is 9.32. The van der Waals surface area contributed by atoms with E-state index in [9.17, 15) is 4.79 Å². The molecule has 0 aromatic heterocycles. The number of carbonyl (C=O) groups excluding carboxylic acids is 1. The van der Waals surface area contributed by atoms with Gasteiger partial charge in [-0.05, 0) is 30.5 Å². The van der Waals surface area contributed by atoms with Crippen molar-refractivity contribution in [3.8, 4) is 0 Å². The average Bonchev–Trinajstić information content (AvgIpc) is 2.27. The minimum atomic E-state index is -0.0392. The summed E-state index contributed by atoms with van der Waals surface area (Å²) in [5.74, 6) is 0.00693. The summed E-state index contributed by atoms with van der Waals surface area (Å²) in [6.07, 6.45) is 3.16. The van der Waals surface area contributed by atoms with Crippen molar-refractivity contribution >= 4 is 23.7 Å². The van der Waals surface area contributed by atoms with Crippen molar-refractivity contribution in [1.82, 2.24) is 5.43 Å². The van der Waals surface area contributed by atoms with Crippen LogP contribution in [-0.2, 0) is 4.79 Å². The van der Waals surface area contributed by atoms with Crippen molar-refractivity contribution in [2.75, 3.05) is 0 Å². The maximum atomic E-state index is 11.5. The van der Waals surface area contributed by atoms with Gasteiger partial charge in [0.25, 0.3) is 0 Å². The van der Waals surface area contributed by atoms with Crippen LogP contribution in [0.25, 0.3) is 0 Å². The summed E-state index contributed by atoms with van der Waals surface area (Å²) in [4.78, 5) is 11.5. The molecule has 0 bridgehead atoms. The monoisotopic (exact) mass is 248 g/mol. The molecular formula is C13H13ClN2O. The number of hydrogen-bond donors (Lipinski definition) is 1. The largest absolute Gasteiger partial charge is 0.273 e. The first-order valence-corrected chi connectivity index (χ1v) is 5.78. The predicted octanol–water partition coefficient (Wildman–Crippen LogP) is 2.76. The Morgan fingerprint density at radius 1 is 1.41 bits per heavy atom. The van der Waals surface area contributed by atoms with E-state index in [1.807, 2.05) is 12.1 Å². The van der Waals surface area contributed by atoms with Crippen LogP contribution in [-0.4, -0.2) is 12.1 Å². The second-order valence-corrected chi connectivity index (χ2v) is 4.58. The Morgan fingerprint density at radius 2 is 2.06 bits per heavy atom. The van der Waals surface area contributed by atoms with Crippen molar-refractivity contribution in [3.63, 3.8) is 0 Å². The lowest BCUT2D eigenvalue weighted by Gasteiger charge is -2.25. The van der Waals surface area contributed by atoms with Gasteiger partial charge >= 0.3 is 0 Å². The van der Waals surface area contributed by atoms with Crippen LogP contribution in [0.15, 0.2) is 41.5 Å². The molecule has 1 aliphatic carbocycles. The summed E-state index contributed by atoms with van der Waals surface area (Å²) < 4.78 is 0. The number of hydrogen-bond acceptors (Lipinski definition) is 2. The van der Waals surface area contributed by atoms with Crippen molar-refractivity contribution < 1.29 is 4.79 Å². The second kappa shape index (κ2) is 5.15. The van der Waals surface area contributed by atoms with Crippen LogP contribution in [0, 0.1) is 5.92 Å². The highest BCUT2D eigenvalue weighted by molar-refractivity contribution is 6.30. The van der Waals surface area contributed by atoms with Crippen LogP contribution in [0.4, 0.5) is 0 Å². The van der Waals surface area contributed by atoms with Gasteiger partial charge in [0.1, 0.15) is 0 Å². The molecule has 1 fully saturated rings. The van der Waals surface area contributed by atoms with Crippen molar-refractivity contribution in [3.05, 3.63) is 47.0 Å². The lowest BCUT2D eigenvalue weighted by Crippen LogP contribution is -2.32. The molecule has 1 amide bonds. The first-order valence-electron chi connectivity index (χ1n) is 5.40. The second-order valence-electron chi connectivity index (χ2n) is 4.14. The number of nitrogens with zero attached hydrogens (tertiary/aromatic N) is 1. The van der Waals surface area contributed by atoms with E-state index in [0.717, 1.165) is 24.0 Å². The van der Waals surface area contributed by atoms with Gasteiger partial charge in [0.15, 0.2) is 0 Å². The minimum Gasteiger partial charge on any atom is -0.273 e. The number of benzene rings is 1. The van der Waals surface area contributed by atoms with Gasteiger partial charge in [0.2, 0.25) is 5.91 Å². The zero-order chi connectivity index (χ0) is 12.3. The third-order valence-corrected chi connectivity index (χ3v) is 2.95. The van der Waals surface area contributed by atoms with Gasteiger partial charge in [-0.3, -0.25) is 4.79 Å². The number of hydrazone groups is 1. The molecule has 0 radical (unpaired) electrons. The lowest BCUT2D eigenvalue weighted by molar-refractivity contribution is -0.126. The maximum Gasteiger partial charge on any atom is 0.243 e. The fraction of sp³-hybridized carbons (Fsp3) is 0.231. The molecule has 0 saturated heterocycles. The van der Waals surface area contributed by atoms with E-state index < -0.39 is 0 Å². The van der Waals surface area contributed by atoms with Gasteiger partial charge < -0.3 is 0 Å². The molecule has 0 atom stereocenters. The van der Waals surface area contributed by atoms with Gasteiger partial charge in [-0.15, -0.1) is 0 Å². The molecule has 0 heterocycles. The standard InChI is InChI=1S/C13H13ClN2O/c1-9-6-11(7-9)13(17)16-15-8-10-2-4-12(14)5-3-10/h2-5,8,11H,1,6-7H2,(H,16,17)/b15-8-. The first kappa shape index (κ1) is 11.9. The predicted molar refractivity (Wildman–Crippen MR) is 69.1 cm³/mol. The van der Waals surface area contributed by atoms with Gasteiger partial charge in [0, 0.05) is 10.9 Å². The fourth-order valence-electron chi connectivity index (χ4n) is 1.63. The Morgan fingerprint density at radius 3 is 2.65 bits per heavy atom. The summed E-state index contributed by atoms with van der Waals surface area (Å²) in [5.41, 5.74) is 4.55. The molecule has 17 heavy (non-hydrogen) atoms. The summed E-state index contributed by atoms with van der Waals surface area (Å²) in [7, 11) is 0. The quantitative estimate of drug-likeness (QED) is 0.499. The molecule has 1 saturated carbocycles. The molecule has 3 nitrogen and oxygen atoms in total. The zero-order valence-corrected chi connectivity index (χ0v) is 10.1. The number of halogens is 1. The maximum absolute atomic E-state index is 11.5. The van der Waals surface area contributed by atoms with E-state index in [-0.39, 0.29) is 11.8 Å². The fourth-order valence-corrected chi connectivity index (χ4v) is 1.76. The Hall–Kier alpha value is -1.61. The van der Waals surface area contributed by atoms with E-state index >= 15 is 0 Å². The topological polar surface area (TPSA) is 41.5 Å². The van der Waals surface area contributed by atoms with E-state index in [0.29, 0.717) is 5.02 Å². The highest BCUT2D eigenvalue weighted by atomic mass is 35.5. The highest BCUT2D eigenvalue weighted by Crippen LogP contribution is 2.31. The van der Waals surface area contributed by atoms with E-state index in [1.54, 1.807) is 18.3 Å². The number of amides is 1. The molecule has 1 aromatic rings. The van der Waals surface area contributed by atoms with Crippen LogP contribution in [0.3, 0.4) is 0 Å². The van der Waals surface area contributed by atoms with Crippen molar-refractivity contribution in [2.24, 2.45) is 11.0 Å². The van der Waals surface area contributed by atoms with Gasteiger partial charge in [0.05, 0.1) is 6.21 Å². The molecule has 0 aliphatic heterocycles. The number of carbonyl (C=O) groups is 1. The summed E-state index contributed by atoms with van der Waals surface area (Å²) in [6.45, 7) is 3.80. The SMILES string of the molecule is C=C1CC(C(=O)N/N=C\c2ccc(Cl)cc2)C1. The normalized spacial score (nSPS) is 15.9. The van der Waals surface area contributed by atoms with E-state index in [4.69, 9.17) is 11.6 Å². The first-order chi connectivity index (χ1) is 8.15. The van der Waals surface area contributed by atoms with E-state index in [1.165, 1.54) is 0 Å². The smallest absolute Gasteiger partial charge is 0.243 e. The Bertz CT molecular complexity index is 457. The van der Waals surface area contributed by atoms with E-state index in [2.05, 4.69) is 17.1 Å². The van der Waals surface area contributed by atoms with Crippen molar-refractivity contribution in [2.45, 2.75) is 12.8 Å². The Kier molecular flexibility index (Phi) is 3.59. The average molecular weight is 249 g/mol. The summed E-state index contributed by atoms with van der Waals surface area (Å²) in [6, 6.07) is 7.23. The molecule has 1 N–H and O–H groups in total. The Labute approximate surface area is 105 Å². The molecule has 4 heteroatoms. The lowest BCUT2D eigenvalue weighted by atomic mass is 9.81. The number of nitrogens with one attached hydrogen (secondary N) is 1. The van der Waals surface area contributed by atoms with Gasteiger partial charge in [-0.25, -0.2) is 5.43 Å². The highest BCUT2D eigenvalue weighted by Gasteiger charge is 2.27. The van der Waals surface area contributed by atoms with Gasteiger partial charge in [-0.2, -0.15) is 5.10 Å². The molecule has 0 unspecified atom stereocenters. The minimum absolute atomic E-state index is 0.0392. The van der Waals surface area contributed by atoms with Crippen LogP contribution in [0.2, 0.25) is 5.02 Å². The molecule has 88 valence electrons. The summed E-state index contributed by atoms with van der Waals surface area (Å²) in [5, 5.41) is 4.58. The molecule has 1 aliphatic rings. The van der Waals surface area contributed by atoms with Crippen LogP contribution in [0.1, 0.15) is 18.4 Å². The van der Waals surface area contributed by atoms with Crippen molar-refractivity contribution in [1.29, 1.82) is 0 Å². The van der Waals surface area contributed by atoms with Crippen LogP contribution < -0.4 is 5.43 Å². The molecule has 0 spiro atoms.